The Morgan fingerprint density at radius 1 is 1.38 bits per heavy atom. The summed E-state index contributed by atoms with van der Waals surface area (Å²) in [5, 5.41) is 3.59. The Kier molecular flexibility index (Phi) is 6.49. The lowest BCUT2D eigenvalue weighted by atomic mass is 10.0. The summed E-state index contributed by atoms with van der Waals surface area (Å²) in [6.07, 6.45) is 2.78. The summed E-state index contributed by atoms with van der Waals surface area (Å²) in [5.74, 6) is 0.920. The number of likely N-dealkylation sites (N-methyl/N-ethyl adjacent to an activating group) is 1. The zero-order valence-corrected chi connectivity index (χ0v) is 13.5. The maximum absolute atomic E-state index is 5.52. The van der Waals surface area contributed by atoms with E-state index in [9.17, 15) is 0 Å². The van der Waals surface area contributed by atoms with E-state index in [1.165, 1.54) is 18.4 Å². The molecule has 0 spiro atoms. The van der Waals surface area contributed by atoms with E-state index in [-0.39, 0.29) is 0 Å². The van der Waals surface area contributed by atoms with Gasteiger partial charge in [-0.2, -0.15) is 0 Å². The van der Waals surface area contributed by atoms with Gasteiger partial charge in [0.1, 0.15) is 5.75 Å². The molecule has 2 unspecified atom stereocenters. The summed E-state index contributed by atoms with van der Waals surface area (Å²) in [5.41, 5.74) is 1.29. The molecule has 0 aromatic heterocycles. The van der Waals surface area contributed by atoms with Crippen molar-refractivity contribution in [3.05, 3.63) is 29.8 Å². The number of hydrogen-bond donors (Lipinski definition) is 1. The molecule has 21 heavy (non-hydrogen) atoms. The van der Waals surface area contributed by atoms with Crippen LogP contribution in [0.25, 0.3) is 0 Å². The predicted molar refractivity (Wildman–Crippen MR) is 85.9 cm³/mol. The maximum atomic E-state index is 5.52. The first-order valence-corrected chi connectivity index (χ1v) is 7.89. The fourth-order valence-corrected chi connectivity index (χ4v) is 3.02. The topological polar surface area (TPSA) is 33.7 Å². The van der Waals surface area contributed by atoms with Crippen LogP contribution >= 0.6 is 0 Å². The molecule has 1 fully saturated rings. The van der Waals surface area contributed by atoms with E-state index >= 15 is 0 Å². The normalized spacial score (nSPS) is 21.2. The highest BCUT2D eigenvalue weighted by Crippen LogP contribution is 2.22. The fourth-order valence-electron chi connectivity index (χ4n) is 3.02. The Bertz CT molecular complexity index is 425. The minimum atomic E-state index is 0.334. The molecule has 0 aliphatic carbocycles. The summed E-state index contributed by atoms with van der Waals surface area (Å²) >= 11 is 0. The van der Waals surface area contributed by atoms with Gasteiger partial charge in [-0.15, -0.1) is 0 Å². The molecule has 2 rings (SSSR count). The molecule has 118 valence electrons. The van der Waals surface area contributed by atoms with Gasteiger partial charge in [0.05, 0.1) is 13.2 Å². The Morgan fingerprint density at radius 2 is 2.24 bits per heavy atom. The van der Waals surface area contributed by atoms with E-state index in [1.54, 1.807) is 7.11 Å². The van der Waals surface area contributed by atoms with Crippen LogP contribution in [-0.2, 0) is 4.74 Å². The number of ether oxygens (including phenoxy) is 2. The van der Waals surface area contributed by atoms with Gasteiger partial charge < -0.3 is 14.8 Å². The highest BCUT2D eigenvalue weighted by molar-refractivity contribution is 5.30. The van der Waals surface area contributed by atoms with Gasteiger partial charge in [0.25, 0.3) is 0 Å². The van der Waals surface area contributed by atoms with E-state index < -0.39 is 0 Å². The first kappa shape index (κ1) is 16.3. The number of nitrogens with zero attached hydrogens (tertiary/aromatic N) is 1. The zero-order valence-electron chi connectivity index (χ0n) is 13.5. The van der Waals surface area contributed by atoms with Crippen molar-refractivity contribution in [2.45, 2.75) is 31.9 Å². The summed E-state index contributed by atoms with van der Waals surface area (Å²) in [6.45, 7) is 6.32. The summed E-state index contributed by atoms with van der Waals surface area (Å²) in [6, 6.07) is 8.69. The van der Waals surface area contributed by atoms with Crippen LogP contribution < -0.4 is 10.1 Å². The van der Waals surface area contributed by atoms with Crippen molar-refractivity contribution in [3.8, 4) is 5.75 Å². The summed E-state index contributed by atoms with van der Waals surface area (Å²) in [7, 11) is 3.53. The molecule has 4 heteroatoms. The lowest BCUT2D eigenvalue weighted by molar-refractivity contribution is 0.0281. The Balaban J connectivity index is 2.04. The highest BCUT2D eigenvalue weighted by atomic mass is 16.5. The van der Waals surface area contributed by atoms with E-state index in [4.69, 9.17) is 9.47 Å². The lowest BCUT2D eigenvalue weighted by Crippen LogP contribution is -2.43. The van der Waals surface area contributed by atoms with Crippen LogP contribution in [0, 0.1) is 0 Å². The van der Waals surface area contributed by atoms with E-state index in [1.807, 2.05) is 13.2 Å². The van der Waals surface area contributed by atoms with E-state index in [2.05, 4.69) is 35.3 Å². The Morgan fingerprint density at radius 3 is 2.95 bits per heavy atom. The third-order valence-corrected chi connectivity index (χ3v) is 4.18. The third-order valence-electron chi connectivity index (χ3n) is 4.18. The van der Waals surface area contributed by atoms with Crippen molar-refractivity contribution in [1.82, 2.24) is 10.2 Å². The molecule has 1 aliphatic heterocycles. The van der Waals surface area contributed by atoms with Crippen LogP contribution in [0.1, 0.15) is 31.4 Å². The van der Waals surface area contributed by atoms with Crippen molar-refractivity contribution in [2.75, 3.05) is 40.4 Å². The minimum Gasteiger partial charge on any atom is -0.497 e. The second-order valence-corrected chi connectivity index (χ2v) is 5.65. The molecule has 4 nitrogen and oxygen atoms in total. The number of likely N-dealkylation sites (tertiary alicyclic amines) is 1. The van der Waals surface area contributed by atoms with Gasteiger partial charge in [0.2, 0.25) is 0 Å². The molecular formula is C17H28N2O2. The molecule has 1 aromatic carbocycles. The molecule has 0 amide bonds. The molecule has 1 saturated heterocycles. The number of nitrogens with one attached hydrogen (secondary N) is 1. The van der Waals surface area contributed by atoms with Gasteiger partial charge in [0.15, 0.2) is 0 Å². The van der Waals surface area contributed by atoms with Gasteiger partial charge in [-0.3, -0.25) is 4.90 Å². The number of hydrogen-bond acceptors (Lipinski definition) is 4. The van der Waals surface area contributed by atoms with Crippen molar-refractivity contribution < 1.29 is 9.47 Å². The lowest BCUT2D eigenvalue weighted by Gasteiger charge is -2.34. The van der Waals surface area contributed by atoms with Crippen LogP contribution in [0.3, 0.4) is 0 Å². The molecule has 0 radical (unpaired) electrons. The number of benzene rings is 1. The van der Waals surface area contributed by atoms with Gasteiger partial charge >= 0.3 is 0 Å². The average Bonchev–Trinajstić information content (AvgIpc) is 2.54. The smallest absolute Gasteiger partial charge is 0.119 e. The number of rotatable bonds is 7. The molecule has 0 bridgehead atoms. The second-order valence-electron chi connectivity index (χ2n) is 5.65. The third kappa shape index (κ3) is 4.70. The van der Waals surface area contributed by atoms with Crippen LogP contribution in [0.5, 0.6) is 5.75 Å². The van der Waals surface area contributed by atoms with Crippen molar-refractivity contribution >= 4 is 0 Å². The maximum Gasteiger partial charge on any atom is 0.119 e. The van der Waals surface area contributed by atoms with Crippen LogP contribution in [0.2, 0.25) is 0 Å². The first-order valence-electron chi connectivity index (χ1n) is 7.89. The van der Waals surface area contributed by atoms with Crippen molar-refractivity contribution in [1.29, 1.82) is 0 Å². The Hall–Kier alpha value is -1.10. The quantitative estimate of drug-likeness (QED) is 0.837. The zero-order chi connectivity index (χ0) is 15.1. The Labute approximate surface area is 128 Å². The minimum absolute atomic E-state index is 0.334. The monoisotopic (exact) mass is 292 g/mol. The van der Waals surface area contributed by atoms with E-state index in [0.29, 0.717) is 12.1 Å². The van der Waals surface area contributed by atoms with Gasteiger partial charge in [-0.1, -0.05) is 19.1 Å². The van der Waals surface area contributed by atoms with Crippen molar-refractivity contribution in [2.24, 2.45) is 0 Å². The molecule has 1 N–H and O–H groups in total. The number of piperidine rings is 1. The van der Waals surface area contributed by atoms with E-state index in [0.717, 1.165) is 31.9 Å². The van der Waals surface area contributed by atoms with Crippen LogP contribution in [0.4, 0.5) is 0 Å². The second kappa shape index (κ2) is 8.37. The van der Waals surface area contributed by atoms with Gasteiger partial charge in [0, 0.05) is 26.2 Å². The molecule has 1 heterocycles. The molecule has 1 aromatic rings. The average molecular weight is 292 g/mol. The fraction of sp³-hybridized carbons (Fsp3) is 0.647. The first-order chi connectivity index (χ1) is 10.3. The largest absolute Gasteiger partial charge is 0.497 e. The molecule has 0 saturated carbocycles. The molecular weight excluding hydrogens is 264 g/mol. The SMILES string of the molecule is CCNC(CN1CCCC(OC)C1)c1cccc(OC)c1. The molecule has 1 aliphatic rings. The highest BCUT2D eigenvalue weighted by Gasteiger charge is 2.22. The standard InChI is InChI=1S/C17H28N2O2/c1-4-18-17(14-7-5-8-15(11-14)20-2)13-19-10-6-9-16(12-19)21-3/h5,7-8,11,16-18H,4,6,9-10,12-13H2,1-3H3. The molecule has 2 atom stereocenters. The van der Waals surface area contributed by atoms with Crippen molar-refractivity contribution in [3.63, 3.8) is 0 Å². The van der Waals surface area contributed by atoms with Gasteiger partial charge in [-0.25, -0.2) is 0 Å². The van der Waals surface area contributed by atoms with Crippen LogP contribution in [-0.4, -0.2) is 51.4 Å². The van der Waals surface area contributed by atoms with Crippen LogP contribution in [0.15, 0.2) is 24.3 Å². The summed E-state index contributed by atoms with van der Waals surface area (Å²) in [4.78, 5) is 2.50. The predicted octanol–water partition coefficient (Wildman–Crippen LogP) is 2.46. The van der Waals surface area contributed by atoms with Gasteiger partial charge in [-0.05, 0) is 43.6 Å². The summed E-state index contributed by atoms with van der Waals surface area (Å²) < 4.78 is 10.9. The number of methoxy groups -OCH3 is 2.